The van der Waals surface area contributed by atoms with Crippen LogP contribution in [0.15, 0.2) is 40.9 Å². The number of aromatic nitrogens is 1. The third kappa shape index (κ3) is 2.70. The summed E-state index contributed by atoms with van der Waals surface area (Å²) in [6.45, 7) is 3.60. The molecule has 24 heavy (non-hydrogen) atoms. The van der Waals surface area contributed by atoms with Gasteiger partial charge in [0.2, 0.25) is 0 Å². The van der Waals surface area contributed by atoms with E-state index in [4.69, 9.17) is 9.26 Å². The highest BCUT2D eigenvalue weighted by Crippen LogP contribution is 2.32. The van der Waals surface area contributed by atoms with Crippen molar-refractivity contribution in [1.82, 2.24) is 10.1 Å². The molecule has 0 bridgehead atoms. The van der Waals surface area contributed by atoms with E-state index in [0.717, 1.165) is 9.80 Å². The Morgan fingerprint density at radius 2 is 1.88 bits per heavy atom. The van der Waals surface area contributed by atoms with Gasteiger partial charge < -0.3 is 19.5 Å². The van der Waals surface area contributed by atoms with Crippen molar-refractivity contribution in [2.45, 2.75) is 31.9 Å². The molecule has 2 N–H and O–H groups in total. The molecule has 8 nitrogen and oxygen atoms in total. The highest BCUT2D eigenvalue weighted by molar-refractivity contribution is 5.93. The maximum absolute atomic E-state index is 12.1. The summed E-state index contributed by atoms with van der Waals surface area (Å²) in [5.74, 6) is 1.15. The Morgan fingerprint density at radius 3 is 2.46 bits per heavy atom. The number of hydrogen-bond donors (Lipinski definition) is 2. The van der Waals surface area contributed by atoms with Crippen LogP contribution in [0.25, 0.3) is 0 Å². The van der Waals surface area contributed by atoms with Gasteiger partial charge in [0.05, 0.1) is 0 Å². The number of hydrogen-bond acceptors (Lipinski definition) is 6. The third-order valence-corrected chi connectivity index (χ3v) is 3.89. The zero-order valence-corrected chi connectivity index (χ0v) is 13.6. The number of urea groups is 1. The number of aliphatic hydroxyl groups is 2. The lowest BCUT2D eigenvalue weighted by molar-refractivity contribution is -0.0184. The monoisotopic (exact) mass is 333 g/mol. The Balaban J connectivity index is 1.84. The molecule has 1 aliphatic heterocycles. The van der Waals surface area contributed by atoms with Gasteiger partial charge in [-0.1, -0.05) is 23.4 Å². The third-order valence-electron chi connectivity index (χ3n) is 3.89. The highest BCUT2D eigenvalue weighted by Gasteiger charge is 2.45. The quantitative estimate of drug-likeness (QED) is 0.879. The van der Waals surface area contributed by atoms with Gasteiger partial charge in [-0.05, 0) is 26.0 Å². The van der Waals surface area contributed by atoms with Crippen LogP contribution in [0.1, 0.15) is 19.6 Å². The maximum Gasteiger partial charge on any atom is 0.329 e. The van der Waals surface area contributed by atoms with Crippen molar-refractivity contribution in [1.29, 1.82) is 0 Å². The fourth-order valence-electron chi connectivity index (χ4n) is 2.46. The van der Waals surface area contributed by atoms with Crippen LogP contribution in [-0.2, 0) is 5.60 Å². The molecule has 1 saturated heterocycles. The second-order valence-electron chi connectivity index (χ2n) is 6.07. The molecule has 0 aliphatic carbocycles. The maximum atomic E-state index is 12.1. The molecule has 128 valence electrons. The fourth-order valence-corrected chi connectivity index (χ4v) is 2.46. The van der Waals surface area contributed by atoms with Crippen LogP contribution in [-0.4, -0.2) is 45.8 Å². The van der Waals surface area contributed by atoms with Crippen molar-refractivity contribution in [3.8, 4) is 5.75 Å². The van der Waals surface area contributed by atoms with Crippen LogP contribution in [0.3, 0.4) is 0 Å². The van der Waals surface area contributed by atoms with E-state index in [9.17, 15) is 15.0 Å². The summed E-state index contributed by atoms with van der Waals surface area (Å²) in [4.78, 5) is 14.1. The zero-order chi connectivity index (χ0) is 17.5. The highest BCUT2D eigenvalue weighted by atomic mass is 16.5. The van der Waals surface area contributed by atoms with Gasteiger partial charge in [0.25, 0.3) is 0 Å². The number of anilines is 1. The minimum Gasteiger partial charge on any atom is -0.480 e. The summed E-state index contributed by atoms with van der Waals surface area (Å²) in [6.07, 6.45) is -2.75. The summed E-state index contributed by atoms with van der Waals surface area (Å²) in [7, 11) is 1.39. The largest absolute Gasteiger partial charge is 0.480 e. The van der Waals surface area contributed by atoms with E-state index < -0.39 is 24.1 Å². The Morgan fingerprint density at radius 1 is 1.21 bits per heavy atom. The second-order valence-corrected chi connectivity index (χ2v) is 6.07. The number of rotatable bonds is 4. The molecular weight excluding hydrogens is 314 g/mol. The van der Waals surface area contributed by atoms with E-state index in [1.807, 2.05) is 30.3 Å². The first-order valence-corrected chi connectivity index (χ1v) is 7.44. The van der Waals surface area contributed by atoms with Gasteiger partial charge in [0.15, 0.2) is 29.6 Å². The van der Waals surface area contributed by atoms with Crippen molar-refractivity contribution in [3.63, 3.8) is 0 Å². The number of benzene rings is 1. The van der Waals surface area contributed by atoms with E-state index in [-0.39, 0.29) is 5.82 Å². The van der Waals surface area contributed by atoms with E-state index in [1.54, 1.807) is 13.8 Å². The van der Waals surface area contributed by atoms with Gasteiger partial charge in [-0.25, -0.2) is 9.69 Å². The normalized spacial score (nSPS) is 21.5. The molecule has 1 aliphatic rings. The van der Waals surface area contributed by atoms with Crippen LogP contribution in [0.4, 0.5) is 10.6 Å². The van der Waals surface area contributed by atoms with Gasteiger partial charge in [-0.15, -0.1) is 0 Å². The zero-order valence-electron chi connectivity index (χ0n) is 13.6. The van der Waals surface area contributed by atoms with Crippen molar-refractivity contribution >= 4 is 11.8 Å². The molecule has 2 aromatic rings. The molecule has 0 spiro atoms. The summed E-state index contributed by atoms with van der Waals surface area (Å²) >= 11 is 0. The second kappa shape index (κ2) is 5.81. The van der Waals surface area contributed by atoms with Crippen molar-refractivity contribution in [2.24, 2.45) is 0 Å². The predicted octanol–water partition coefficient (Wildman–Crippen LogP) is 1.50. The minimum atomic E-state index is -1.42. The molecule has 0 radical (unpaired) electrons. The van der Waals surface area contributed by atoms with E-state index in [2.05, 4.69) is 5.16 Å². The van der Waals surface area contributed by atoms with Gasteiger partial charge in [0.1, 0.15) is 5.75 Å². The van der Waals surface area contributed by atoms with Gasteiger partial charge in [-0.2, -0.15) is 0 Å². The van der Waals surface area contributed by atoms with Crippen LogP contribution >= 0.6 is 0 Å². The standard InChI is InChI=1S/C16H19N3O5/c1-16(2,23-10-7-5-4-6-8-10)11-9-12(17-24-11)19-14(21)13(20)18(3)15(19)22/h4-9,13-14,20-21H,1-3H3. The number of amides is 2. The number of aliphatic hydroxyl groups excluding tert-OH is 2. The Labute approximate surface area is 138 Å². The number of carbonyl (C=O) groups is 1. The number of nitrogens with zero attached hydrogens (tertiary/aromatic N) is 3. The smallest absolute Gasteiger partial charge is 0.329 e. The van der Waals surface area contributed by atoms with Crippen LogP contribution < -0.4 is 9.64 Å². The predicted molar refractivity (Wildman–Crippen MR) is 84.3 cm³/mol. The lowest BCUT2D eigenvalue weighted by Crippen LogP contribution is -2.36. The van der Waals surface area contributed by atoms with Crippen LogP contribution in [0, 0.1) is 0 Å². The first-order valence-electron chi connectivity index (χ1n) is 7.44. The van der Waals surface area contributed by atoms with E-state index in [1.165, 1.54) is 13.1 Å². The molecule has 8 heteroatoms. The molecule has 2 amide bonds. The van der Waals surface area contributed by atoms with Crippen molar-refractivity contribution < 1.29 is 24.3 Å². The van der Waals surface area contributed by atoms with Gasteiger partial charge in [0, 0.05) is 13.1 Å². The molecule has 0 saturated carbocycles. The van der Waals surface area contributed by atoms with Crippen molar-refractivity contribution in [3.05, 3.63) is 42.2 Å². The molecule has 3 rings (SSSR count). The average molecular weight is 333 g/mol. The van der Waals surface area contributed by atoms with E-state index in [0.29, 0.717) is 11.5 Å². The van der Waals surface area contributed by atoms with Crippen LogP contribution in [0.5, 0.6) is 5.75 Å². The van der Waals surface area contributed by atoms with Crippen LogP contribution in [0.2, 0.25) is 0 Å². The summed E-state index contributed by atoms with van der Waals surface area (Å²) in [5, 5.41) is 23.6. The molecule has 2 heterocycles. The number of ether oxygens (including phenoxy) is 1. The summed E-state index contributed by atoms with van der Waals surface area (Å²) < 4.78 is 11.2. The summed E-state index contributed by atoms with van der Waals surface area (Å²) in [6, 6.07) is 10.2. The number of likely N-dealkylation sites (N-methyl/N-ethyl adjacent to an activating group) is 1. The fraction of sp³-hybridized carbons (Fsp3) is 0.375. The molecule has 1 aromatic carbocycles. The first-order chi connectivity index (χ1) is 11.3. The SMILES string of the molecule is CN1C(=O)N(c2cc(C(C)(C)Oc3ccccc3)on2)C(O)C1O. The number of para-hydroxylation sites is 1. The molecular formula is C16H19N3O5. The van der Waals surface area contributed by atoms with Gasteiger partial charge >= 0.3 is 6.03 Å². The molecule has 2 unspecified atom stereocenters. The average Bonchev–Trinajstić information content (AvgIpc) is 3.10. The summed E-state index contributed by atoms with van der Waals surface area (Å²) in [5.41, 5.74) is -0.842. The van der Waals surface area contributed by atoms with Gasteiger partial charge in [-0.3, -0.25) is 4.90 Å². The minimum absolute atomic E-state index is 0.107. The van der Waals surface area contributed by atoms with E-state index >= 15 is 0 Å². The topological polar surface area (TPSA) is 99.3 Å². The Hall–Kier alpha value is -2.58. The lowest BCUT2D eigenvalue weighted by Gasteiger charge is -2.23. The number of carbonyl (C=O) groups excluding carboxylic acids is 1. The lowest BCUT2D eigenvalue weighted by atomic mass is 10.1. The molecule has 2 atom stereocenters. The van der Waals surface area contributed by atoms with Crippen molar-refractivity contribution in [2.75, 3.05) is 11.9 Å². The Bertz CT molecular complexity index is 730. The molecule has 1 fully saturated rings. The Kier molecular flexibility index (Phi) is 3.94. The first kappa shape index (κ1) is 16.3. The molecule has 1 aromatic heterocycles.